The number of fused-ring (bicyclic) bond motifs is 1. The molecular formula is C13H14F3N3. The highest BCUT2D eigenvalue weighted by atomic mass is 19.4. The fourth-order valence-corrected chi connectivity index (χ4v) is 2.29. The second-order valence-electron chi connectivity index (χ2n) is 5.01. The molecule has 1 aromatic heterocycles. The van der Waals surface area contributed by atoms with Gasteiger partial charge in [0.05, 0.1) is 17.5 Å². The van der Waals surface area contributed by atoms with Crippen LogP contribution in [0.4, 0.5) is 18.9 Å². The third-order valence-corrected chi connectivity index (χ3v) is 3.36. The molecule has 0 bridgehead atoms. The SMILES string of the molecule is Nc1ccc2c(c1)nc(C1CC1)n2CCC(F)(F)F. The number of nitrogen functional groups attached to an aromatic ring is 1. The Morgan fingerprint density at radius 1 is 1.32 bits per heavy atom. The Kier molecular flexibility index (Phi) is 2.69. The maximum absolute atomic E-state index is 12.4. The van der Waals surface area contributed by atoms with E-state index in [1.54, 1.807) is 22.8 Å². The van der Waals surface area contributed by atoms with E-state index in [2.05, 4.69) is 4.98 Å². The minimum atomic E-state index is -4.15. The third-order valence-electron chi connectivity index (χ3n) is 3.36. The molecule has 6 heteroatoms. The van der Waals surface area contributed by atoms with Crippen molar-refractivity contribution < 1.29 is 13.2 Å². The summed E-state index contributed by atoms with van der Waals surface area (Å²) in [5.41, 5.74) is 7.69. The van der Waals surface area contributed by atoms with Gasteiger partial charge >= 0.3 is 6.18 Å². The maximum atomic E-state index is 12.4. The molecular weight excluding hydrogens is 255 g/mol. The summed E-state index contributed by atoms with van der Waals surface area (Å²) in [7, 11) is 0. The number of hydrogen-bond acceptors (Lipinski definition) is 2. The van der Waals surface area contributed by atoms with Gasteiger partial charge < -0.3 is 10.3 Å². The molecule has 1 aromatic carbocycles. The Hall–Kier alpha value is -1.72. The number of aryl methyl sites for hydroxylation is 1. The van der Waals surface area contributed by atoms with Gasteiger partial charge in [0.2, 0.25) is 0 Å². The van der Waals surface area contributed by atoms with Crippen LogP contribution in [0, 0.1) is 0 Å². The van der Waals surface area contributed by atoms with E-state index in [0.29, 0.717) is 17.1 Å². The highest BCUT2D eigenvalue weighted by molar-refractivity contribution is 5.79. The van der Waals surface area contributed by atoms with Crippen molar-refractivity contribution in [3.05, 3.63) is 24.0 Å². The molecule has 0 spiro atoms. The van der Waals surface area contributed by atoms with Crippen LogP contribution in [0.5, 0.6) is 0 Å². The molecule has 1 fully saturated rings. The zero-order chi connectivity index (χ0) is 13.6. The summed E-state index contributed by atoms with van der Waals surface area (Å²) in [5.74, 6) is 1.08. The van der Waals surface area contributed by atoms with Crippen molar-refractivity contribution >= 4 is 16.7 Å². The predicted octanol–water partition coefficient (Wildman–Crippen LogP) is 3.45. The second kappa shape index (κ2) is 4.15. The van der Waals surface area contributed by atoms with Crippen molar-refractivity contribution in [2.24, 2.45) is 0 Å². The second-order valence-corrected chi connectivity index (χ2v) is 5.01. The van der Waals surface area contributed by atoms with E-state index in [4.69, 9.17) is 5.73 Å². The molecule has 0 radical (unpaired) electrons. The van der Waals surface area contributed by atoms with Crippen molar-refractivity contribution in [2.75, 3.05) is 5.73 Å². The lowest BCUT2D eigenvalue weighted by Crippen LogP contribution is -2.13. The number of nitrogens with two attached hydrogens (primary N) is 1. The van der Waals surface area contributed by atoms with Crippen LogP contribution >= 0.6 is 0 Å². The predicted molar refractivity (Wildman–Crippen MR) is 66.8 cm³/mol. The number of aromatic nitrogens is 2. The summed E-state index contributed by atoms with van der Waals surface area (Å²) in [6, 6.07) is 5.16. The maximum Gasteiger partial charge on any atom is 0.390 e. The number of anilines is 1. The van der Waals surface area contributed by atoms with Gasteiger partial charge in [0.25, 0.3) is 0 Å². The van der Waals surface area contributed by atoms with E-state index in [-0.39, 0.29) is 6.54 Å². The van der Waals surface area contributed by atoms with Crippen molar-refractivity contribution in [3.63, 3.8) is 0 Å². The van der Waals surface area contributed by atoms with Crippen molar-refractivity contribution in [1.29, 1.82) is 0 Å². The molecule has 102 valence electrons. The van der Waals surface area contributed by atoms with Crippen molar-refractivity contribution in [3.8, 4) is 0 Å². The van der Waals surface area contributed by atoms with Crippen LogP contribution < -0.4 is 5.73 Å². The van der Waals surface area contributed by atoms with E-state index >= 15 is 0 Å². The third kappa shape index (κ3) is 2.52. The Labute approximate surface area is 108 Å². The molecule has 0 saturated heterocycles. The average Bonchev–Trinajstić information content (AvgIpc) is 3.08. The quantitative estimate of drug-likeness (QED) is 0.867. The normalized spacial score (nSPS) is 16.2. The average molecular weight is 269 g/mol. The van der Waals surface area contributed by atoms with Gasteiger partial charge in [0.1, 0.15) is 5.82 Å². The summed E-state index contributed by atoms with van der Waals surface area (Å²) in [4.78, 5) is 4.45. The number of alkyl halides is 3. The Morgan fingerprint density at radius 3 is 2.68 bits per heavy atom. The van der Waals surface area contributed by atoms with Crippen LogP contribution in [0.15, 0.2) is 18.2 Å². The zero-order valence-electron chi connectivity index (χ0n) is 10.2. The molecule has 1 heterocycles. The number of rotatable bonds is 3. The smallest absolute Gasteiger partial charge is 0.390 e. The van der Waals surface area contributed by atoms with Crippen molar-refractivity contribution in [2.45, 2.75) is 37.9 Å². The summed E-state index contributed by atoms with van der Waals surface area (Å²) < 4.78 is 38.9. The lowest BCUT2D eigenvalue weighted by atomic mass is 10.2. The molecule has 3 nitrogen and oxygen atoms in total. The highest BCUT2D eigenvalue weighted by Gasteiger charge is 2.32. The fourth-order valence-electron chi connectivity index (χ4n) is 2.29. The summed E-state index contributed by atoms with van der Waals surface area (Å²) in [6.45, 7) is -0.0737. The van der Waals surface area contributed by atoms with Crippen LogP contribution in [-0.4, -0.2) is 15.7 Å². The van der Waals surface area contributed by atoms with Gasteiger partial charge in [-0.25, -0.2) is 4.98 Å². The van der Waals surface area contributed by atoms with Gasteiger partial charge in [-0.3, -0.25) is 0 Å². The molecule has 3 rings (SSSR count). The first kappa shape index (κ1) is 12.3. The highest BCUT2D eigenvalue weighted by Crippen LogP contribution is 2.41. The van der Waals surface area contributed by atoms with Crippen LogP contribution in [-0.2, 0) is 6.54 Å². The molecule has 0 unspecified atom stereocenters. The number of nitrogens with zero attached hydrogens (tertiary/aromatic N) is 2. The van der Waals surface area contributed by atoms with Gasteiger partial charge in [0, 0.05) is 18.2 Å². The van der Waals surface area contributed by atoms with Gasteiger partial charge in [-0.1, -0.05) is 0 Å². The topological polar surface area (TPSA) is 43.8 Å². The first-order valence-electron chi connectivity index (χ1n) is 6.26. The van der Waals surface area contributed by atoms with E-state index in [0.717, 1.165) is 24.2 Å². The Morgan fingerprint density at radius 2 is 2.05 bits per heavy atom. The first-order valence-corrected chi connectivity index (χ1v) is 6.26. The number of halogens is 3. The summed E-state index contributed by atoms with van der Waals surface area (Å²) in [5, 5.41) is 0. The zero-order valence-corrected chi connectivity index (χ0v) is 10.2. The van der Waals surface area contributed by atoms with E-state index in [9.17, 15) is 13.2 Å². The molecule has 1 aliphatic carbocycles. The van der Waals surface area contributed by atoms with E-state index in [1.165, 1.54) is 0 Å². The molecule has 0 aliphatic heterocycles. The van der Waals surface area contributed by atoms with Gasteiger partial charge in [-0.2, -0.15) is 13.2 Å². The van der Waals surface area contributed by atoms with E-state index < -0.39 is 12.6 Å². The fraction of sp³-hybridized carbons (Fsp3) is 0.462. The van der Waals surface area contributed by atoms with Crippen LogP contribution in [0.3, 0.4) is 0 Å². The number of benzene rings is 1. The van der Waals surface area contributed by atoms with Crippen LogP contribution in [0.2, 0.25) is 0 Å². The van der Waals surface area contributed by atoms with Gasteiger partial charge in [0.15, 0.2) is 0 Å². The number of hydrogen-bond donors (Lipinski definition) is 1. The first-order chi connectivity index (χ1) is 8.94. The molecule has 1 saturated carbocycles. The monoisotopic (exact) mass is 269 g/mol. The summed E-state index contributed by atoms with van der Waals surface area (Å²) in [6.07, 6.45) is -2.97. The molecule has 0 atom stereocenters. The minimum Gasteiger partial charge on any atom is -0.399 e. The summed E-state index contributed by atoms with van der Waals surface area (Å²) >= 11 is 0. The Balaban J connectivity index is 2.01. The molecule has 0 amide bonds. The lowest BCUT2D eigenvalue weighted by molar-refractivity contribution is -0.136. The Bertz CT molecular complexity index is 611. The molecule has 1 aliphatic rings. The van der Waals surface area contributed by atoms with E-state index in [1.807, 2.05) is 0 Å². The molecule has 19 heavy (non-hydrogen) atoms. The van der Waals surface area contributed by atoms with Crippen LogP contribution in [0.25, 0.3) is 11.0 Å². The molecule has 2 aromatic rings. The lowest BCUT2D eigenvalue weighted by Gasteiger charge is -2.10. The van der Waals surface area contributed by atoms with Gasteiger partial charge in [-0.05, 0) is 31.0 Å². The van der Waals surface area contributed by atoms with Gasteiger partial charge in [-0.15, -0.1) is 0 Å². The minimum absolute atomic E-state index is 0.0737. The van der Waals surface area contributed by atoms with Crippen LogP contribution in [0.1, 0.15) is 31.0 Å². The number of imidazole rings is 1. The van der Waals surface area contributed by atoms with Crippen molar-refractivity contribution in [1.82, 2.24) is 9.55 Å². The molecule has 2 N–H and O–H groups in total. The standard InChI is InChI=1S/C13H14F3N3/c14-13(15,16)5-6-19-11-4-3-9(17)7-10(11)18-12(19)8-1-2-8/h3-4,7-8H,1-2,5-6,17H2. The largest absolute Gasteiger partial charge is 0.399 e.